The third-order valence-corrected chi connectivity index (χ3v) is 10.6. The summed E-state index contributed by atoms with van der Waals surface area (Å²) in [6.07, 6.45) is 4.37. The maximum atomic E-state index is 12.1. The molecule has 345 valence electrons. The molecule has 2 unspecified atom stereocenters. The molecule has 0 aromatic heterocycles. The van der Waals surface area contributed by atoms with Crippen molar-refractivity contribution in [2.24, 2.45) is 0 Å². The number of aliphatic hydroxyl groups excluding tert-OH is 1. The van der Waals surface area contributed by atoms with Crippen molar-refractivity contribution in [2.45, 2.75) is 89.2 Å². The van der Waals surface area contributed by atoms with E-state index in [1.807, 2.05) is 45.0 Å². The van der Waals surface area contributed by atoms with E-state index in [2.05, 4.69) is 38.9 Å². The van der Waals surface area contributed by atoms with Crippen molar-refractivity contribution >= 4 is 58.2 Å². The van der Waals surface area contributed by atoms with Crippen LogP contribution in [0.3, 0.4) is 0 Å². The summed E-state index contributed by atoms with van der Waals surface area (Å²) in [5.41, 5.74) is 3.20. The van der Waals surface area contributed by atoms with Gasteiger partial charge in [-0.25, -0.2) is 20.3 Å². The number of benzene rings is 3. The number of carboxylic acid groups (broad SMARTS) is 1. The van der Waals surface area contributed by atoms with Crippen LogP contribution in [0.15, 0.2) is 59.5 Å². The third kappa shape index (κ3) is 23.6. The molecule has 3 aromatic rings. The molecule has 61 heavy (non-hydrogen) atoms. The number of carboxylic acids is 1. The van der Waals surface area contributed by atoms with Gasteiger partial charge < -0.3 is 46.6 Å². The number of sulfonamides is 1. The SMILES string of the molecule is CC.CCC.COc1cc(COCCO)cc(OC)c1-c1ccc(CC(NC=O)C(=O)O)cc1.O=S(=O)(c1cc(Cl)cc(Cl)c1)N1CCCC1.[CH2-]OC(C)(S)CCOC.[CH3-].[V+2]. The van der Waals surface area contributed by atoms with E-state index in [9.17, 15) is 18.0 Å². The Balaban J connectivity index is -0.000000882. The first-order valence-electron chi connectivity index (χ1n) is 19.1. The summed E-state index contributed by atoms with van der Waals surface area (Å²) < 4.78 is 51.8. The number of methoxy groups -OCH3 is 3. The minimum atomic E-state index is -3.42. The topological polar surface area (TPSA) is 170 Å². The first kappa shape index (κ1) is 62.8. The van der Waals surface area contributed by atoms with Crippen LogP contribution in [0.25, 0.3) is 11.1 Å². The van der Waals surface area contributed by atoms with Crippen molar-refractivity contribution in [2.75, 3.05) is 54.2 Å². The Hall–Kier alpha value is -2.54. The molecule has 1 saturated heterocycles. The molecule has 3 N–H and O–H groups in total. The van der Waals surface area contributed by atoms with Gasteiger partial charge in [-0.2, -0.15) is 4.31 Å². The summed E-state index contributed by atoms with van der Waals surface area (Å²) in [7, 11) is 4.63. The summed E-state index contributed by atoms with van der Waals surface area (Å²) in [4.78, 5) is 21.5. The third-order valence-electron chi connectivity index (χ3n) is 7.94. The quantitative estimate of drug-likeness (QED) is 0.0316. The van der Waals surface area contributed by atoms with Gasteiger partial charge in [-0.15, -0.1) is 12.6 Å². The minimum Gasteiger partial charge on any atom is -0.543 e. The number of carbonyl (C=O) groups is 2. The minimum absolute atomic E-state index is 0. The van der Waals surface area contributed by atoms with E-state index < -0.39 is 27.0 Å². The van der Waals surface area contributed by atoms with Gasteiger partial charge in [-0.3, -0.25) is 4.79 Å². The summed E-state index contributed by atoms with van der Waals surface area (Å²) >= 11 is 15.7. The maximum absolute atomic E-state index is 12.1. The Kier molecular flexibility index (Phi) is 35.9. The number of ether oxygens (including phenoxy) is 5. The molecule has 13 nitrogen and oxygen atoms in total. The van der Waals surface area contributed by atoms with E-state index in [1.165, 1.54) is 28.9 Å². The van der Waals surface area contributed by atoms with Gasteiger partial charge >= 0.3 is 24.5 Å². The summed E-state index contributed by atoms with van der Waals surface area (Å²) in [5, 5.41) is 21.0. The first-order chi connectivity index (χ1) is 28.1. The maximum Gasteiger partial charge on any atom is 2.00 e. The van der Waals surface area contributed by atoms with Gasteiger partial charge in [0.15, 0.2) is 0 Å². The van der Waals surface area contributed by atoms with Crippen LogP contribution in [-0.2, 0) is 65.4 Å². The zero-order valence-electron chi connectivity index (χ0n) is 36.9. The summed E-state index contributed by atoms with van der Waals surface area (Å²) in [6.45, 7) is 12.4. The Labute approximate surface area is 392 Å². The van der Waals surface area contributed by atoms with E-state index in [1.54, 1.807) is 33.5 Å². The molecule has 1 radical (unpaired) electrons. The van der Waals surface area contributed by atoms with Crippen molar-refractivity contribution in [1.29, 1.82) is 0 Å². The Morgan fingerprint density at radius 1 is 0.967 bits per heavy atom. The van der Waals surface area contributed by atoms with Crippen LogP contribution in [-0.4, -0.2) is 101 Å². The molecular weight excluding hydrogens is 906 g/mol. The van der Waals surface area contributed by atoms with Crippen LogP contribution in [0.4, 0.5) is 0 Å². The molecule has 1 aliphatic rings. The molecule has 0 spiro atoms. The van der Waals surface area contributed by atoms with Gasteiger partial charge in [0, 0.05) is 49.7 Å². The normalized spacial score (nSPS) is 13.1. The molecule has 18 heteroatoms. The molecule has 0 bridgehead atoms. The number of aliphatic carboxylic acids is 1. The van der Waals surface area contributed by atoms with Crippen LogP contribution in [0.1, 0.15) is 71.4 Å². The van der Waals surface area contributed by atoms with Crippen molar-refractivity contribution in [3.63, 3.8) is 0 Å². The standard InChI is InChI=1S/C21H25NO7.C10H11Cl2NO2S.C6H13O2S.C3H8.C2H6.CH3.V/c1-27-18-10-15(12-29-8-7-23)11-19(28-2)20(18)16-5-3-14(4-6-16)9-17(21(25)26)22-13-24;11-8-5-9(12)7-10(6-8)16(14,15)13-3-1-2-4-13;1-6(9,8-3)4-5-7-2;1-3-2;1-2;;/h3-6,10-11,13,17,23H,7-9,12H2,1-2H3,(H,22,24)(H,25,26);5-7H,1-4H2;9H,3-5H2,1-2H3;3H2,1-2H3;1-2H3;1H3;/q;;-1;;;-1;+2. The van der Waals surface area contributed by atoms with Gasteiger partial charge in [0.05, 0.1) is 49.4 Å². The molecule has 0 saturated carbocycles. The number of nitrogens with one attached hydrogen (secondary N) is 1. The number of halogens is 2. The number of aliphatic hydroxyl groups is 1. The van der Waals surface area contributed by atoms with Crippen LogP contribution in [0, 0.1) is 14.5 Å². The molecule has 1 aliphatic heterocycles. The fraction of sp³-hybridized carbons (Fsp3) is 0.488. The van der Waals surface area contributed by atoms with Crippen LogP contribution in [0.5, 0.6) is 11.5 Å². The predicted molar refractivity (Wildman–Crippen MR) is 245 cm³/mol. The average molecular weight is 973 g/mol. The Bertz CT molecular complexity index is 1710. The second-order valence-corrected chi connectivity index (χ2v) is 16.5. The van der Waals surface area contributed by atoms with Crippen LogP contribution in [0.2, 0.25) is 10.0 Å². The predicted octanol–water partition coefficient (Wildman–Crippen LogP) is 8.77. The second-order valence-electron chi connectivity index (χ2n) is 12.7. The zero-order chi connectivity index (χ0) is 45.0. The van der Waals surface area contributed by atoms with Gasteiger partial charge in [0.1, 0.15) is 17.5 Å². The monoisotopic (exact) mass is 971 g/mol. The zero-order valence-corrected chi connectivity index (χ0v) is 41.5. The molecule has 4 rings (SSSR count). The van der Waals surface area contributed by atoms with Crippen LogP contribution >= 0.6 is 35.8 Å². The average Bonchev–Trinajstić information content (AvgIpc) is 3.78. The number of hydrogen-bond acceptors (Lipinski definition) is 11. The number of amides is 1. The van der Waals surface area contributed by atoms with E-state index in [4.69, 9.17) is 57.1 Å². The molecule has 1 amide bonds. The van der Waals surface area contributed by atoms with E-state index >= 15 is 0 Å². The van der Waals surface area contributed by atoms with Gasteiger partial charge in [0.25, 0.3) is 0 Å². The number of hydrogen-bond donors (Lipinski definition) is 4. The molecule has 1 fully saturated rings. The van der Waals surface area contributed by atoms with E-state index in [0.29, 0.717) is 54.3 Å². The Morgan fingerprint density at radius 3 is 1.89 bits per heavy atom. The molecule has 0 aliphatic carbocycles. The number of carbonyl (C=O) groups excluding carboxylic acids is 1. The molecule has 1 heterocycles. The summed E-state index contributed by atoms with van der Waals surface area (Å²) in [6, 6.07) is 14.4. The van der Waals surface area contributed by atoms with Crippen molar-refractivity contribution in [3.05, 3.63) is 90.3 Å². The molecular formula is C43H66Cl2N2O11S2V. The van der Waals surface area contributed by atoms with Gasteiger partial charge in [-0.1, -0.05) is 81.6 Å². The summed E-state index contributed by atoms with van der Waals surface area (Å²) in [5.74, 6) is 0.111. The van der Waals surface area contributed by atoms with Gasteiger partial charge in [0.2, 0.25) is 16.4 Å². The number of rotatable bonds is 18. The second kappa shape index (κ2) is 34.9. The Morgan fingerprint density at radius 2 is 1.48 bits per heavy atom. The molecule has 3 aromatic carbocycles. The first-order valence-corrected chi connectivity index (χ1v) is 21.8. The van der Waals surface area contributed by atoms with E-state index in [0.717, 1.165) is 41.5 Å². The fourth-order valence-electron chi connectivity index (χ4n) is 5.05. The van der Waals surface area contributed by atoms with E-state index in [-0.39, 0.29) is 50.5 Å². The number of nitrogens with zero attached hydrogens (tertiary/aromatic N) is 1. The number of thiol groups is 1. The molecule has 2 atom stereocenters. The van der Waals surface area contributed by atoms with Crippen LogP contribution < -0.4 is 14.8 Å². The van der Waals surface area contributed by atoms with Crippen molar-refractivity contribution in [1.82, 2.24) is 9.62 Å². The smallest absolute Gasteiger partial charge is 0.543 e. The van der Waals surface area contributed by atoms with Crippen molar-refractivity contribution < 1.29 is 70.5 Å². The van der Waals surface area contributed by atoms with Crippen molar-refractivity contribution in [3.8, 4) is 22.6 Å². The van der Waals surface area contributed by atoms with Gasteiger partial charge in [-0.05, 0) is 66.8 Å². The largest absolute Gasteiger partial charge is 2.00 e. The fourth-order valence-corrected chi connectivity index (χ4v) is 7.39.